The Hall–Kier alpha value is -1.69. The van der Waals surface area contributed by atoms with Crippen molar-refractivity contribution < 1.29 is 29.3 Å². The first-order valence-electron chi connectivity index (χ1n) is 11.3. The number of carboxylic acids is 1. The van der Waals surface area contributed by atoms with Gasteiger partial charge >= 0.3 is 11.9 Å². The van der Waals surface area contributed by atoms with Crippen LogP contribution in [0, 0.1) is 34.5 Å². The van der Waals surface area contributed by atoms with Crippen molar-refractivity contribution in [3.8, 4) is 0 Å². The van der Waals surface area contributed by atoms with E-state index in [-0.39, 0.29) is 53.7 Å². The van der Waals surface area contributed by atoms with Crippen LogP contribution in [-0.4, -0.2) is 40.6 Å². The number of aliphatic carboxylic acids is 1. The predicted octanol–water partition coefficient (Wildman–Crippen LogP) is 3.51. The third-order valence-electron chi connectivity index (χ3n) is 9.59. The Morgan fingerprint density at radius 1 is 1.17 bits per heavy atom. The molecule has 3 saturated carbocycles. The monoisotopic (exact) mass is 418 g/mol. The zero-order valence-corrected chi connectivity index (χ0v) is 18.3. The van der Waals surface area contributed by atoms with Crippen LogP contribution in [0.1, 0.15) is 71.6 Å². The molecule has 0 aromatic heterocycles. The van der Waals surface area contributed by atoms with Crippen LogP contribution in [0.15, 0.2) is 11.6 Å². The van der Waals surface area contributed by atoms with Crippen molar-refractivity contribution in [3.63, 3.8) is 0 Å². The van der Waals surface area contributed by atoms with Crippen molar-refractivity contribution in [2.45, 2.75) is 77.2 Å². The summed E-state index contributed by atoms with van der Waals surface area (Å²) >= 11 is 0. The van der Waals surface area contributed by atoms with Crippen LogP contribution in [-0.2, 0) is 19.1 Å². The van der Waals surface area contributed by atoms with Gasteiger partial charge in [0.05, 0.1) is 18.6 Å². The maximum absolute atomic E-state index is 12.9. The minimum absolute atomic E-state index is 0.0416. The maximum atomic E-state index is 12.9. The van der Waals surface area contributed by atoms with E-state index in [1.54, 1.807) is 6.08 Å². The first kappa shape index (κ1) is 21.5. The van der Waals surface area contributed by atoms with Crippen molar-refractivity contribution in [1.29, 1.82) is 0 Å². The summed E-state index contributed by atoms with van der Waals surface area (Å²) in [5.41, 5.74) is -0.413. The molecule has 0 radical (unpaired) electrons. The van der Waals surface area contributed by atoms with Gasteiger partial charge in [-0.3, -0.25) is 14.4 Å². The first-order chi connectivity index (χ1) is 14.1. The minimum atomic E-state index is -1.01. The molecule has 4 rings (SSSR count). The molecule has 6 nitrogen and oxygen atoms in total. The highest BCUT2D eigenvalue weighted by Gasteiger charge is 2.66. The van der Waals surface area contributed by atoms with Gasteiger partial charge in [-0.1, -0.05) is 19.4 Å². The van der Waals surface area contributed by atoms with Crippen LogP contribution in [0.25, 0.3) is 0 Å². The van der Waals surface area contributed by atoms with Crippen LogP contribution in [0.3, 0.4) is 0 Å². The molecule has 30 heavy (non-hydrogen) atoms. The summed E-state index contributed by atoms with van der Waals surface area (Å²) in [5, 5.41) is 20.7. The lowest BCUT2D eigenvalue weighted by Gasteiger charge is -2.60. The second kappa shape index (κ2) is 7.18. The third kappa shape index (κ3) is 2.97. The van der Waals surface area contributed by atoms with Crippen LogP contribution >= 0.6 is 0 Å². The molecule has 6 heteroatoms. The van der Waals surface area contributed by atoms with Crippen LogP contribution in [0.4, 0.5) is 0 Å². The lowest BCUT2D eigenvalue weighted by atomic mass is 9.44. The number of carbonyl (C=O) groups is 3. The molecular formula is C24H34O6. The normalized spacial score (nSPS) is 45.1. The van der Waals surface area contributed by atoms with Crippen LogP contribution in [0.2, 0.25) is 0 Å². The molecule has 4 aliphatic carbocycles. The summed E-state index contributed by atoms with van der Waals surface area (Å²) in [6.45, 7) is 4.36. The van der Waals surface area contributed by atoms with Gasteiger partial charge in [0.15, 0.2) is 5.78 Å². The molecule has 7 atom stereocenters. The van der Waals surface area contributed by atoms with Gasteiger partial charge in [0.25, 0.3) is 0 Å². The Labute approximate surface area is 178 Å². The van der Waals surface area contributed by atoms with Crippen molar-refractivity contribution >= 4 is 17.7 Å². The number of allylic oxidation sites excluding steroid dienone is 1. The fraction of sp³-hybridized carbons (Fsp3) is 0.792. The number of hydrogen-bond donors (Lipinski definition) is 2. The molecule has 0 aromatic rings. The second-order valence-corrected chi connectivity index (χ2v) is 10.6. The smallest absolute Gasteiger partial charge is 0.309 e. The highest BCUT2D eigenvalue weighted by molar-refractivity contribution is 5.92. The van der Waals surface area contributed by atoms with E-state index in [0.717, 1.165) is 31.3 Å². The van der Waals surface area contributed by atoms with Crippen molar-refractivity contribution in [2.24, 2.45) is 34.5 Å². The van der Waals surface area contributed by atoms with E-state index in [0.29, 0.717) is 19.3 Å². The molecule has 3 fully saturated rings. The molecule has 0 bridgehead atoms. The molecule has 2 N–H and O–H groups in total. The van der Waals surface area contributed by atoms with E-state index in [9.17, 15) is 24.6 Å². The standard InChI is InChI=1S/C24H34O6/c1-22-8-4-15(25)12-14(22)13-16(21(28)30-3)20-17(22)5-9-23(2)18(20)6-10-24(23,29)11-7-19(26)27/h12,16-18,20,29H,4-11,13H2,1-3H3,(H,26,27)/t16?,17-,18-,20?,22-,23-,24+/m0/s1. The molecule has 0 aromatic carbocycles. The van der Waals surface area contributed by atoms with Gasteiger partial charge in [-0.25, -0.2) is 0 Å². The number of carboxylic acid groups (broad SMARTS) is 1. The van der Waals surface area contributed by atoms with E-state index in [1.807, 2.05) is 0 Å². The fourth-order valence-electron chi connectivity index (χ4n) is 7.79. The van der Waals surface area contributed by atoms with Crippen molar-refractivity contribution in [2.75, 3.05) is 7.11 Å². The summed E-state index contributed by atoms with van der Waals surface area (Å²) in [5.74, 6) is -0.763. The molecular weight excluding hydrogens is 384 g/mol. The summed E-state index contributed by atoms with van der Waals surface area (Å²) in [4.78, 5) is 36.2. The Morgan fingerprint density at radius 2 is 1.87 bits per heavy atom. The zero-order chi connectivity index (χ0) is 21.9. The number of hydrogen-bond acceptors (Lipinski definition) is 5. The Bertz CT molecular complexity index is 802. The molecule has 166 valence electrons. The Kier molecular flexibility index (Phi) is 5.16. The number of methoxy groups -OCH3 is 1. The van der Waals surface area contributed by atoms with Gasteiger partial charge in [-0.2, -0.15) is 0 Å². The number of rotatable bonds is 4. The van der Waals surface area contributed by atoms with E-state index in [2.05, 4.69) is 13.8 Å². The minimum Gasteiger partial charge on any atom is -0.481 e. The highest BCUT2D eigenvalue weighted by atomic mass is 16.5. The largest absolute Gasteiger partial charge is 0.481 e. The number of aliphatic hydroxyl groups is 1. The van der Waals surface area contributed by atoms with Gasteiger partial charge < -0.3 is 14.9 Å². The predicted molar refractivity (Wildman–Crippen MR) is 109 cm³/mol. The highest BCUT2D eigenvalue weighted by Crippen LogP contribution is 2.69. The number of ketones is 1. The van der Waals surface area contributed by atoms with Crippen LogP contribution < -0.4 is 0 Å². The zero-order valence-electron chi connectivity index (χ0n) is 18.3. The van der Waals surface area contributed by atoms with Crippen LogP contribution in [0.5, 0.6) is 0 Å². The Balaban J connectivity index is 1.73. The lowest BCUT2D eigenvalue weighted by molar-refractivity contribution is -0.169. The molecule has 0 aliphatic heterocycles. The molecule has 4 aliphatic rings. The maximum Gasteiger partial charge on any atom is 0.309 e. The number of esters is 1. The quantitative estimate of drug-likeness (QED) is 0.678. The summed E-state index contributed by atoms with van der Waals surface area (Å²) < 4.78 is 5.20. The number of fused-ring (bicyclic) bond motifs is 5. The van der Waals surface area contributed by atoms with E-state index in [1.165, 1.54) is 7.11 Å². The van der Waals surface area contributed by atoms with Gasteiger partial charge in [0.2, 0.25) is 0 Å². The van der Waals surface area contributed by atoms with Crippen molar-refractivity contribution in [3.05, 3.63) is 11.6 Å². The van der Waals surface area contributed by atoms with E-state index in [4.69, 9.17) is 4.74 Å². The second-order valence-electron chi connectivity index (χ2n) is 10.6. The molecule has 0 saturated heterocycles. The van der Waals surface area contributed by atoms with Gasteiger partial charge in [-0.15, -0.1) is 0 Å². The molecule has 2 unspecified atom stereocenters. The average molecular weight is 419 g/mol. The summed E-state index contributed by atoms with van der Waals surface area (Å²) in [6, 6.07) is 0. The average Bonchev–Trinajstić information content (AvgIpc) is 2.97. The summed E-state index contributed by atoms with van der Waals surface area (Å²) in [6.07, 6.45) is 6.99. The van der Waals surface area contributed by atoms with E-state index < -0.39 is 17.0 Å². The Morgan fingerprint density at radius 3 is 2.53 bits per heavy atom. The number of carbonyl (C=O) groups excluding carboxylic acids is 2. The van der Waals surface area contributed by atoms with Gasteiger partial charge in [-0.05, 0) is 79.6 Å². The lowest BCUT2D eigenvalue weighted by Crippen LogP contribution is -2.58. The molecule has 0 amide bonds. The molecule has 0 heterocycles. The van der Waals surface area contributed by atoms with Gasteiger partial charge in [0.1, 0.15) is 0 Å². The third-order valence-corrected chi connectivity index (χ3v) is 9.59. The first-order valence-corrected chi connectivity index (χ1v) is 11.3. The van der Waals surface area contributed by atoms with Crippen molar-refractivity contribution in [1.82, 2.24) is 0 Å². The van der Waals surface area contributed by atoms with E-state index >= 15 is 0 Å². The topological polar surface area (TPSA) is 101 Å². The SMILES string of the molecule is COC(=O)C1CC2=CC(=O)CC[C@]2(C)[C@H]2CC[C@@]3(C)[C@@H](CC[C@@]3(O)CCC(=O)O)C12. The summed E-state index contributed by atoms with van der Waals surface area (Å²) in [7, 11) is 1.42. The number of ether oxygens (including phenoxy) is 1. The molecule has 0 spiro atoms. The fourth-order valence-corrected chi connectivity index (χ4v) is 7.79. The van der Waals surface area contributed by atoms with Gasteiger partial charge in [0, 0.05) is 12.8 Å².